The van der Waals surface area contributed by atoms with Gasteiger partial charge in [-0.25, -0.2) is 13.6 Å². The van der Waals surface area contributed by atoms with Crippen LogP contribution in [0.3, 0.4) is 0 Å². The zero-order valence-corrected chi connectivity index (χ0v) is 14.5. The number of aromatic nitrogens is 1. The highest BCUT2D eigenvalue weighted by molar-refractivity contribution is 6.31. The van der Waals surface area contributed by atoms with E-state index in [2.05, 4.69) is 10.3 Å². The number of hydrogen-bond acceptors (Lipinski definition) is 2. The van der Waals surface area contributed by atoms with Crippen LogP contribution >= 0.6 is 11.6 Å². The first-order valence-corrected chi connectivity index (χ1v) is 8.35. The van der Waals surface area contributed by atoms with Crippen LogP contribution in [0.5, 0.6) is 0 Å². The van der Waals surface area contributed by atoms with Crippen LogP contribution in [0.4, 0.5) is 13.6 Å². The fourth-order valence-electron chi connectivity index (χ4n) is 2.93. The van der Waals surface area contributed by atoms with Gasteiger partial charge < -0.3 is 10.3 Å². The molecule has 1 aliphatic heterocycles. The molecule has 3 aromatic rings. The molecule has 136 valence electrons. The largest absolute Gasteiger partial charge is 0.361 e. The minimum absolute atomic E-state index is 0.0958. The first-order chi connectivity index (χ1) is 12.9. The van der Waals surface area contributed by atoms with Crippen molar-refractivity contribution in [2.75, 3.05) is 0 Å². The Morgan fingerprint density at radius 3 is 2.67 bits per heavy atom. The van der Waals surface area contributed by atoms with Crippen LogP contribution in [0.15, 0.2) is 48.3 Å². The molecule has 8 heteroatoms. The monoisotopic (exact) mass is 387 g/mol. The number of benzene rings is 2. The number of nitrogens with zero attached hydrogens (tertiary/aromatic N) is 1. The number of nitrogens with one attached hydrogen (secondary N) is 2. The minimum Gasteiger partial charge on any atom is -0.361 e. The number of amides is 3. The summed E-state index contributed by atoms with van der Waals surface area (Å²) in [5.74, 6) is -2.57. The molecule has 0 aliphatic carbocycles. The van der Waals surface area contributed by atoms with Crippen molar-refractivity contribution in [3.05, 3.63) is 76.1 Å². The predicted octanol–water partition coefficient (Wildman–Crippen LogP) is 4.19. The van der Waals surface area contributed by atoms with E-state index in [4.69, 9.17) is 11.6 Å². The lowest BCUT2D eigenvalue weighted by atomic mass is 10.1. The van der Waals surface area contributed by atoms with Crippen molar-refractivity contribution >= 4 is 40.5 Å². The summed E-state index contributed by atoms with van der Waals surface area (Å²) < 4.78 is 26.4. The number of carbonyl (C=O) groups excluding carboxylic acids is 2. The van der Waals surface area contributed by atoms with E-state index >= 15 is 0 Å². The fourth-order valence-corrected chi connectivity index (χ4v) is 3.10. The highest BCUT2D eigenvalue weighted by atomic mass is 35.5. The smallest absolute Gasteiger partial charge is 0.329 e. The van der Waals surface area contributed by atoms with Gasteiger partial charge in [-0.3, -0.25) is 9.69 Å². The minimum atomic E-state index is -1.03. The van der Waals surface area contributed by atoms with Gasteiger partial charge in [0.15, 0.2) is 11.6 Å². The second kappa shape index (κ2) is 6.51. The number of hydrogen-bond donors (Lipinski definition) is 2. The maximum Gasteiger partial charge on any atom is 0.329 e. The van der Waals surface area contributed by atoms with Crippen LogP contribution in [-0.2, 0) is 11.3 Å². The Morgan fingerprint density at radius 1 is 1.07 bits per heavy atom. The fraction of sp³-hybridized carbons (Fsp3) is 0.0526. The second-order valence-electron chi connectivity index (χ2n) is 6.06. The van der Waals surface area contributed by atoms with Gasteiger partial charge in [-0.05, 0) is 35.9 Å². The van der Waals surface area contributed by atoms with Crippen LogP contribution in [0.2, 0.25) is 5.02 Å². The van der Waals surface area contributed by atoms with E-state index < -0.39 is 23.6 Å². The Labute approximate surface area is 157 Å². The summed E-state index contributed by atoms with van der Waals surface area (Å²) in [4.78, 5) is 28.7. The van der Waals surface area contributed by atoms with Crippen LogP contribution in [0.1, 0.15) is 11.1 Å². The van der Waals surface area contributed by atoms with E-state index in [0.717, 1.165) is 27.9 Å². The molecule has 0 radical (unpaired) electrons. The molecule has 2 aromatic carbocycles. The highest BCUT2D eigenvalue weighted by Gasteiger charge is 2.33. The van der Waals surface area contributed by atoms with Gasteiger partial charge in [-0.2, -0.15) is 0 Å². The van der Waals surface area contributed by atoms with E-state index in [1.807, 2.05) is 0 Å². The third kappa shape index (κ3) is 3.17. The third-order valence-electron chi connectivity index (χ3n) is 4.26. The van der Waals surface area contributed by atoms with Gasteiger partial charge in [-0.15, -0.1) is 0 Å². The van der Waals surface area contributed by atoms with Gasteiger partial charge in [0.25, 0.3) is 5.91 Å². The number of urea groups is 1. The number of rotatable bonds is 3. The van der Waals surface area contributed by atoms with Gasteiger partial charge in [0, 0.05) is 27.7 Å². The molecular formula is C19H12ClF2N3O2. The molecule has 4 rings (SSSR count). The van der Waals surface area contributed by atoms with E-state index in [0.29, 0.717) is 16.1 Å². The van der Waals surface area contributed by atoms with Crippen LogP contribution in [-0.4, -0.2) is 21.8 Å². The van der Waals surface area contributed by atoms with Crippen LogP contribution in [0, 0.1) is 11.6 Å². The lowest BCUT2D eigenvalue weighted by Crippen LogP contribution is -2.30. The van der Waals surface area contributed by atoms with E-state index in [1.165, 1.54) is 6.07 Å². The van der Waals surface area contributed by atoms with Crippen molar-refractivity contribution in [3.8, 4) is 0 Å². The van der Waals surface area contributed by atoms with Crippen molar-refractivity contribution in [2.45, 2.75) is 6.54 Å². The number of fused-ring (bicyclic) bond motifs is 1. The molecule has 0 spiro atoms. The normalized spacial score (nSPS) is 15.8. The molecule has 1 aliphatic rings. The van der Waals surface area contributed by atoms with Crippen molar-refractivity contribution in [1.82, 2.24) is 15.2 Å². The Bertz CT molecular complexity index is 1120. The van der Waals surface area contributed by atoms with Gasteiger partial charge in [0.1, 0.15) is 5.70 Å². The quantitative estimate of drug-likeness (QED) is 0.522. The van der Waals surface area contributed by atoms with Crippen molar-refractivity contribution < 1.29 is 18.4 Å². The molecule has 2 N–H and O–H groups in total. The molecule has 0 saturated carbocycles. The topological polar surface area (TPSA) is 65.2 Å². The molecule has 5 nitrogen and oxygen atoms in total. The standard InChI is InChI=1S/C19H12ClF2N3O2/c20-12-2-3-13-11(8-23-16(13)7-12)6-17-18(26)25(19(27)24-17)9-10-1-4-14(21)15(22)5-10/h1-8,23H,9H2,(H,24,27). The van der Waals surface area contributed by atoms with E-state index in [-0.39, 0.29) is 12.2 Å². The summed E-state index contributed by atoms with van der Waals surface area (Å²) in [6.45, 7) is -0.164. The summed E-state index contributed by atoms with van der Waals surface area (Å²) in [5, 5.41) is 3.92. The molecule has 0 bridgehead atoms. The highest BCUT2D eigenvalue weighted by Crippen LogP contribution is 2.25. The number of halogens is 3. The summed E-state index contributed by atoms with van der Waals surface area (Å²) in [6, 6.07) is 7.90. The van der Waals surface area contributed by atoms with Gasteiger partial charge in [-0.1, -0.05) is 23.7 Å². The SMILES string of the molecule is O=C1NC(=Cc2c[nH]c3cc(Cl)ccc23)C(=O)N1Cc1ccc(F)c(F)c1. The molecule has 3 amide bonds. The second-order valence-corrected chi connectivity index (χ2v) is 6.50. The van der Waals surface area contributed by atoms with Crippen molar-refractivity contribution in [1.29, 1.82) is 0 Å². The summed E-state index contributed by atoms with van der Waals surface area (Å²) in [5.41, 5.74) is 1.91. The Morgan fingerprint density at radius 2 is 1.89 bits per heavy atom. The average molecular weight is 388 g/mol. The van der Waals surface area contributed by atoms with E-state index in [9.17, 15) is 18.4 Å². The van der Waals surface area contributed by atoms with Gasteiger partial charge in [0.2, 0.25) is 0 Å². The van der Waals surface area contributed by atoms with Crippen LogP contribution in [0.25, 0.3) is 17.0 Å². The predicted molar refractivity (Wildman–Crippen MR) is 96.7 cm³/mol. The average Bonchev–Trinajstić information content (AvgIpc) is 3.14. The lowest BCUT2D eigenvalue weighted by Gasteiger charge is -2.11. The zero-order valence-electron chi connectivity index (χ0n) is 13.7. The Hall–Kier alpha value is -3.19. The molecule has 1 fully saturated rings. The molecule has 2 heterocycles. The molecular weight excluding hydrogens is 376 g/mol. The summed E-state index contributed by atoms with van der Waals surface area (Å²) >= 11 is 5.95. The number of imide groups is 1. The Balaban J connectivity index is 1.61. The molecule has 1 saturated heterocycles. The summed E-state index contributed by atoms with van der Waals surface area (Å²) in [7, 11) is 0. The van der Waals surface area contributed by atoms with Gasteiger partial charge in [0.05, 0.1) is 6.54 Å². The third-order valence-corrected chi connectivity index (χ3v) is 4.50. The maximum atomic E-state index is 13.3. The van der Waals surface area contributed by atoms with Crippen molar-refractivity contribution in [3.63, 3.8) is 0 Å². The van der Waals surface area contributed by atoms with Crippen LogP contribution < -0.4 is 5.32 Å². The van der Waals surface area contributed by atoms with E-state index in [1.54, 1.807) is 30.5 Å². The number of H-pyrrole nitrogens is 1. The van der Waals surface area contributed by atoms with Gasteiger partial charge >= 0.3 is 6.03 Å². The number of aromatic amines is 1. The maximum absolute atomic E-state index is 13.3. The molecule has 0 unspecified atom stereocenters. The molecule has 0 atom stereocenters. The number of carbonyl (C=O) groups is 2. The summed E-state index contributed by atoms with van der Waals surface area (Å²) in [6.07, 6.45) is 3.25. The zero-order chi connectivity index (χ0) is 19.1. The first-order valence-electron chi connectivity index (χ1n) is 7.97. The first kappa shape index (κ1) is 17.2. The lowest BCUT2D eigenvalue weighted by molar-refractivity contribution is -0.123. The Kier molecular flexibility index (Phi) is 4.16. The molecule has 27 heavy (non-hydrogen) atoms. The van der Waals surface area contributed by atoms with Crippen molar-refractivity contribution in [2.24, 2.45) is 0 Å². The molecule has 1 aromatic heterocycles.